The van der Waals surface area contributed by atoms with E-state index in [0.29, 0.717) is 5.78 Å². The average Bonchev–Trinajstić information content (AvgIpc) is 2.63. The van der Waals surface area contributed by atoms with Gasteiger partial charge in [-0.3, -0.25) is 4.79 Å². The van der Waals surface area contributed by atoms with Gasteiger partial charge in [-0.15, -0.1) is 0 Å². The Morgan fingerprint density at radius 1 is 1.27 bits per heavy atom. The van der Waals surface area contributed by atoms with Crippen LogP contribution in [0.25, 0.3) is 0 Å². The Bertz CT molecular complexity index is 248. The van der Waals surface area contributed by atoms with Crippen molar-refractivity contribution < 1.29 is 4.79 Å². The Morgan fingerprint density at radius 3 is 2.80 bits per heavy atom. The number of rotatable bonds is 7. The van der Waals surface area contributed by atoms with Crippen LogP contribution in [0, 0.1) is 0 Å². The molecule has 0 heterocycles. The summed E-state index contributed by atoms with van der Waals surface area (Å²) in [5.74, 6) is 0.352. The number of allylic oxidation sites excluding steroid dienone is 4. The van der Waals surface area contributed by atoms with Gasteiger partial charge in [-0.2, -0.15) is 0 Å². The lowest BCUT2D eigenvalue weighted by Gasteiger charge is -1.95. The van der Waals surface area contributed by atoms with Crippen LogP contribution in [0.2, 0.25) is 0 Å². The number of ketones is 1. The Kier molecular flexibility index (Phi) is 6.06. The summed E-state index contributed by atoms with van der Waals surface area (Å²) in [7, 11) is 0. The zero-order chi connectivity index (χ0) is 10.9. The van der Waals surface area contributed by atoms with Gasteiger partial charge in [0.05, 0.1) is 0 Å². The Morgan fingerprint density at radius 2 is 2.13 bits per heavy atom. The summed E-state index contributed by atoms with van der Waals surface area (Å²) in [4.78, 5) is 11.3. The molecule has 84 valence electrons. The third kappa shape index (κ3) is 4.96. The van der Waals surface area contributed by atoms with E-state index < -0.39 is 0 Å². The number of carbonyl (C=O) groups is 1. The fourth-order valence-corrected chi connectivity index (χ4v) is 1.87. The highest BCUT2D eigenvalue weighted by Gasteiger charge is 2.12. The predicted molar refractivity (Wildman–Crippen MR) is 64.8 cm³/mol. The molecule has 0 aromatic rings. The molecule has 0 unspecified atom stereocenters. The summed E-state index contributed by atoms with van der Waals surface area (Å²) in [5.41, 5.74) is 1.03. The van der Waals surface area contributed by atoms with Crippen molar-refractivity contribution in [2.75, 3.05) is 0 Å². The van der Waals surface area contributed by atoms with Crippen LogP contribution in [-0.2, 0) is 4.79 Å². The zero-order valence-electron chi connectivity index (χ0n) is 9.80. The lowest BCUT2D eigenvalue weighted by Crippen LogP contribution is -1.93. The first kappa shape index (κ1) is 12.2. The Labute approximate surface area is 93.3 Å². The molecular formula is C14H22O. The molecule has 1 aliphatic carbocycles. The average molecular weight is 206 g/mol. The summed E-state index contributed by atoms with van der Waals surface area (Å²) in [6.45, 7) is 2.23. The monoisotopic (exact) mass is 206 g/mol. The van der Waals surface area contributed by atoms with E-state index in [1.165, 1.54) is 32.1 Å². The van der Waals surface area contributed by atoms with Crippen molar-refractivity contribution in [3.05, 3.63) is 23.8 Å². The van der Waals surface area contributed by atoms with Gasteiger partial charge >= 0.3 is 0 Å². The number of hydrogen-bond donors (Lipinski definition) is 0. The normalized spacial score (nSPS) is 16.3. The van der Waals surface area contributed by atoms with Crippen LogP contribution < -0.4 is 0 Å². The maximum absolute atomic E-state index is 11.3. The SMILES string of the molecule is CCCCCCC=CCC1=CCCC1=O. The number of Topliss-reactive ketones (excluding diaryl/α,β-unsaturated/α-hetero) is 1. The number of carbonyl (C=O) groups excluding carboxylic acids is 1. The predicted octanol–water partition coefficient (Wildman–Crippen LogP) is 4.19. The molecule has 1 nitrogen and oxygen atoms in total. The van der Waals surface area contributed by atoms with Crippen LogP contribution >= 0.6 is 0 Å². The number of hydrogen-bond acceptors (Lipinski definition) is 1. The summed E-state index contributed by atoms with van der Waals surface area (Å²) in [6.07, 6.45) is 15.4. The van der Waals surface area contributed by atoms with Gasteiger partial charge in [0.2, 0.25) is 0 Å². The highest BCUT2D eigenvalue weighted by molar-refractivity contribution is 5.97. The van der Waals surface area contributed by atoms with Crippen LogP contribution in [0.4, 0.5) is 0 Å². The van der Waals surface area contributed by atoms with Crippen LogP contribution in [-0.4, -0.2) is 5.78 Å². The number of unbranched alkanes of at least 4 members (excludes halogenated alkanes) is 4. The molecule has 0 fully saturated rings. The van der Waals surface area contributed by atoms with Gasteiger partial charge in [0.15, 0.2) is 5.78 Å². The summed E-state index contributed by atoms with van der Waals surface area (Å²) in [6, 6.07) is 0. The van der Waals surface area contributed by atoms with E-state index in [1.807, 2.05) is 0 Å². The zero-order valence-corrected chi connectivity index (χ0v) is 9.80. The van der Waals surface area contributed by atoms with Crippen LogP contribution in [0.15, 0.2) is 23.8 Å². The van der Waals surface area contributed by atoms with E-state index in [-0.39, 0.29) is 0 Å². The van der Waals surface area contributed by atoms with E-state index in [9.17, 15) is 4.79 Å². The topological polar surface area (TPSA) is 17.1 Å². The minimum absolute atomic E-state index is 0.352. The fourth-order valence-electron chi connectivity index (χ4n) is 1.87. The fraction of sp³-hybridized carbons (Fsp3) is 0.643. The lowest BCUT2D eigenvalue weighted by atomic mass is 10.1. The molecule has 1 rings (SSSR count). The molecule has 0 saturated carbocycles. The second kappa shape index (κ2) is 7.44. The maximum Gasteiger partial charge on any atom is 0.159 e. The van der Waals surface area contributed by atoms with Crippen molar-refractivity contribution in [1.82, 2.24) is 0 Å². The Hall–Kier alpha value is -0.850. The first-order valence-corrected chi connectivity index (χ1v) is 6.22. The molecule has 0 bridgehead atoms. The molecule has 0 atom stereocenters. The molecular weight excluding hydrogens is 184 g/mol. The van der Waals surface area contributed by atoms with Crippen molar-refractivity contribution >= 4 is 5.78 Å². The molecule has 0 radical (unpaired) electrons. The summed E-state index contributed by atoms with van der Waals surface area (Å²) in [5, 5.41) is 0. The lowest BCUT2D eigenvalue weighted by molar-refractivity contribution is -0.114. The van der Waals surface area contributed by atoms with Crippen LogP contribution in [0.3, 0.4) is 0 Å². The van der Waals surface area contributed by atoms with E-state index in [1.54, 1.807) is 0 Å². The van der Waals surface area contributed by atoms with E-state index in [0.717, 1.165) is 24.8 Å². The minimum atomic E-state index is 0.352. The van der Waals surface area contributed by atoms with E-state index >= 15 is 0 Å². The molecule has 0 saturated heterocycles. The van der Waals surface area contributed by atoms with Gasteiger partial charge in [0.1, 0.15) is 0 Å². The van der Waals surface area contributed by atoms with Gasteiger partial charge in [-0.05, 0) is 31.3 Å². The first-order valence-electron chi connectivity index (χ1n) is 6.22. The molecule has 0 amide bonds. The molecule has 1 heteroatoms. The van der Waals surface area contributed by atoms with Gasteiger partial charge in [0.25, 0.3) is 0 Å². The van der Waals surface area contributed by atoms with Crippen molar-refractivity contribution in [3.8, 4) is 0 Å². The molecule has 0 spiro atoms. The van der Waals surface area contributed by atoms with Gasteiger partial charge < -0.3 is 0 Å². The highest BCUT2D eigenvalue weighted by Crippen LogP contribution is 2.17. The van der Waals surface area contributed by atoms with Crippen molar-refractivity contribution in [1.29, 1.82) is 0 Å². The van der Waals surface area contributed by atoms with Crippen LogP contribution in [0.1, 0.15) is 58.3 Å². The minimum Gasteiger partial charge on any atom is -0.295 e. The standard InChI is InChI=1S/C14H22O/c1-2-3-4-5-6-7-8-10-13-11-9-12-14(13)15/h7-8,11H,2-6,9-10,12H2,1H3. The Balaban J connectivity index is 2.04. The highest BCUT2D eigenvalue weighted by atomic mass is 16.1. The molecule has 15 heavy (non-hydrogen) atoms. The smallest absolute Gasteiger partial charge is 0.159 e. The van der Waals surface area contributed by atoms with E-state index in [2.05, 4.69) is 25.2 Å². The van der Waals surface area contributed by atoms with Crippen molar-refractivity contribution in [2.24, 2.45) is 0 Å². The third-order valence-electron chi connectivity index (χ3n) is 2.85. The molecule has 0 aromatic carbocycles. The van der Waals surface area contributed by atoms with Crippen molar-refractivity contribution in [3.63, 3.8) is 0 Å². The van der Waals surface area contributed by atoms with E-state index in [4.69, 9.17) is 0 Å². The molecule has 0 aromatic heterocycles. The second-order valence-electron chi connectivity index (χ2n) is 4.22. The molecule has 0 aliphatic heterocycles. The summed E-state index contributed by atoms with van der Waals surface area (Å²) < 4.78 is 0. The maximum atomic E-state index is 11.3. The molecule has 0 N–H and O–H groups in total. The largest absolute Gasteiger partial charge is 0.295 e. The third-order valence-corrected chi connectivity index (χ3v) is 2.85. The first-order chi connectivity index (χ1) is 7.34. The van der Waals surface area contributed by atoms with Crippen molar-refractivity contribution in [2.45, 2.75) is 58.3 Å². The van der Waals surface area contributed by atoms with Gasteiger partial charge in [-0.25, -0.2) is 0 Å². The molecule has 1 aliphatic rings. The van der Waals surface area contributed by atoms with Crippen LogP contribution in [0.5, 0.6) is 0 Å². The quantitative estimate of drug-likeness (QED) is 0.451. The van der Waals surface area contributed by atoms with Gasteiger partial charge in [-0.1, -0.05) is 44.4 Å². The summed E-state index contributed by atoms with van der Waals surface area (Å²) >= 11 is 0. The second-order valence-corrected chi connectivity index (χ2v) is 4.22. The van der Waals surface area contributed by atoms with Gasteiger partial charge in [0, 0.05) is 6.42 Å².